The van der Waals surface area contributed by atoms with Gasteiger partial charge in [0.1, 0.15) is 12.4 Å². The first-order chi connectivity index (χ1) is 6.63. The molecule has 0 fully saturated rings. The van der Waals surface area contributed by atoms with Crippen molar-refractivity contribution in [1.82, 2.24) is 0 Å². The molecular formula is C10H11Cl2NO. The molecule has 0 radical (unpaired) electrons. The molecule has 14 heavy (non-hydrogen) atoms. The van der Waals surface area contributed by atoms with Crippen LogP contribution in [0, 0.1) is 0 Å². The van der Waals surface area contributed by atoms with Crippen LogP contribution in [0.3, 0.4) is 0 Å². The van der Waals surface area contributed by atoms with Gasteiger partial charge in [-0.2, -0.15) is 0 Å². The molecule has 1 aromatic rings. The van der Waals surface area contributed by atoms with Crippen LogP contribution in [0.25, 0.3) is 0 Å². The van der Waals surface area contributed by atoms with E-state index in [9.17, 15) is 0 Å². The second-order valence-electron chi connectivity index (χ2n) is 2.76. The lowest BCUT2D eigenvalue weighted by molar-refractivity contribution is 0.355. The standard InChI is InChI=1S/C10H11Cl2NO/c1-7(11)6-14-10-3-2-9(12)4-8(10)5-13/h2-4H,1,5-6,13H2. The number of ether oxygens (including phenoxy) is 1. The smallest absolute Gasteiger partial charge is 0.124 e. The van der Waals surface area contributed by atoms with Gasteiger partial charge in [0, 0.05) is 22.2 Å². The normalized spacial score (nSPS) is 9.93. The minimum atomic E-state index is 0.274. The molecule has 0 spiro atoms. The third kappa shape index (κ3) is 3.22. The Morgan fingerprint density at radius 1 is 1.50 bits per heavy atom. The van der Waals surface area contributed by atoms with Gasteiger partial charge in [-0.05, 0) is 18.2 Å². The van der Waals surface area contributed by atoms with E-state index in [1.807, 2.05) is 0 Å². The SMILES string of the molecule is C=C(Cl)COc1ccc(Cl)cc1CN. The van der Waals surface area contributed by atoms with Crippen molar-refractivity contribution >= 4 is 23.2 Å². The van der Waals surface area contributed by atoms with Crippen LogP contribution in [0.4, 0.5) is 0 Å². The molecule has 1 rings (SSSR count). The number of rotatable bonds is 4. The zero-order chi connectivity index (χ0) is 10.6. The molecule has 0 saturated carbocycles. The molecule has 0 atom stereocenters. The number of benzene rings is 1. The fourth-order valence-electron chi connectivity index (χ4n) is 1.00. The average Bonchev–Trinajstić information content (AvgIpc) is 2.15. The Kier molecular flexibility index (Phi) is 4.26. The van der Waals surface area contributed by atoms with Gasteiger partial charge in [0.15, 0.2) is 0 Å². The fourth-order valence-corrected chi connectivity index (χ4v) is 1.25. The summed E-state index contributed by atoms with van der Waals surface area (Å²) >= 11 is 11.4. The minimum absolute atomic E-state index is 0.274. The Labute approximate surface area is 93.3 Å². The Morgan fingerprint density at radius 2 is 2.21 bits per heavy atom. The van der Waals surface area contributed by atoms with Gasteiger partial charge < -0.3 is 10.5 Å². The van der Waals surface area contributed by atoms with E-state index < -0.39 is 0 Å². The third-order valence-electron chi connectivity index (χ3n) is 1.63. The summed E-state index contributed by atoms with van der Waals surface area (Å²) in [6, 6.07) is 5.28. The highest BCUT2D eigenvalue weighted by Gasteiger charge is 2.03. The maximum Gasteiger partial charge on any atom is 0.124 e. The number of nitrogens with two attached hydrogens (primary N) is 1. The molecule has 76 valence electrons. The molecule has 0 heterocycles. The van der Waals surface area contributed by atoms with Gasteiger partial charge in [-0.15, -0.1) is 0 Å². The van der Waals surface area contributed by atoms with Gasteiger partial charge in [-0.25, -0.2) is 0 Å². The van der Waals surface area contributed by atoms with Gasteiger partial charge >= 0.3 is 0 Å². The second kappa shape index (κ2) is 5.25. The minimum Gasteiger partial charge on any atom is -0.488 e. The van der Waals surface area contributed by atoms with Gasteiger partial charge in [0.25, 0.3) is 0 Å². The lowest BCUT2D eigenvalue weighted by Gasteiger charge is -2.09. The Balaban J connectivity index is 2.80. The first-order valence-corrected chi connectivity index (χ1v) is 4.83. The summed E-state index contributed by atoms with van der Waals surface area (Å²) in [7, 11) is 0. The van der Waals surface area contributed by atoms with Crippen LogP contribution in [0.2, 0.25) is 5.02 Å². The number of hydrogen-bond donors (Lipinski definition) is 1. The zero-order valence-corrected chi connectivity index (χ0v) is 9.11. The van der Waals surface area contributed by atoms with Crippen LogP contribution in [-0.2, 0) is 6.54 Å². The van der Waals surface area contributed by atoms with Gasteiger partial charge in [0.2, 0.25) is 0 Å². The van der Waals surface area contributed by atoms with Crippen molar-refractivity contribution in [3.8, 4) is 5.75 Å². The molecule has 0 bridgehead atoms. The average molecular weight is 232 g/mol. The van der Waals surface area contributed by atoms with E-state index >= 15 is 0 Å². The summed E-state index contributed by atoms with van der Waals surface area (Å²) in [5.41, 5.74) is 6.39. The Morgan fingerprint density at radius 3 is 2.79 bits per heavy atom. The van der Waals surface area contributed by atoms with E-state index in [0.717, 1.165) is 5.56 Å². The predicted molar refractivity (Wildman–Crippen MR) is 59.8 cm³/mol. The van der Waals surface area contributed by atoms with Crippen molar-refractivity contribution in [3.05, 3.63) is 40.4 Å². The van der Waals surface area contributed by atoms with Crippen molar-refractivity contribution in [1.29, 1.82) is 0 Å². The van der Waals surface area contributed by atoms with Gasteiger partial charge in [-0.1, -0.05) is 29.8 Å². The monoisotopic (exact) mass is 231 g/mol. The highest BCUT2D eigenvalue weighted by molar-refractivity contribution is 6.30. The molecule has 0 aliphatic rings. The summed E-state index contributed by atoms with van der Waals surface area (Å²) in [5.74, 6) is 0.693. The fraction of sp³-hybridized carbons (Fsp3) is 0.200. The van der Waals surface area contributed by atoms with Crippen LogP contribution in [0.1, 0.15) is 5.56 Å². The zero-order valence-electron chi connectivity index (χ0n) is 7.59. The molecule has 0 amide bonds. The molecule has 2 nitrogen and oxygen atoms in total. The molecule has 1 aromatic carbocycles. The van der Waals surface area contributed by atoms with Crippen LogP contribution >= 0.6 is 23.2 Å². The quantitative estimate of drug-likeness (QED) is 0.866. The van der Waals surface area contributed by atoms with Crippen LogP contribution < -0.4 is 10.5 Å². The highest BCUT2D eigenvalue weighted by Crippen LogP contribution is 2.22. The van der Waals surface area contributed by atoms with Crippen molar-refractivity contribution in [2.45, 2.75) is 6.54 Å². The van der Waals surface area contributed by atoms with E-state index in [2.05, 4.69) is 6.58 Å². The van der Waals surface area contributed by atoms with Crippen molar-refractivity contribution in [2.75, 3.05) is 6.61 Å². The molecule has 4 heteroatoms. The summed E-state index contributed by atoms with van der Waals surface area (Å²) in [4.78, 5) is 0. The first-order valence-electron chi connectivity index (χ1n) is 4.08. The Bertz CT molecular complexity index is 339. The van der Waals surface area contributed by atoms with Crippen LogP contribution in [-0.4, -0.2) is 6.61 Å². The van der Waals surface area contributed by atoms with Crippen LogP contribution in [0.15, 0.2) is 29.8 Å². The maximum absolute atomic E-state index is 5.80. The molecule has 0 aliphatic heterocycles. The van der Waals surface area contributed by atoms with Crippen molar-refractivity contribution in [2.24, 2.45) is 5.73 Å². The third-order valence-corrected chi connectivity index (χ3v) is 1.97. The summed E-state index contributed by atoms with van der Waals surface area (Å²) in [6.07, 6.45) is 0. The van der Waals surface area contributed by atoms with E-state index in [1.54, 1.807) is 18.2 Å². The Hall–Kier alpha value is -0.700. The summed E-state index contributed by atoms with van der Waals surface area (Å²) in [5, 5.41) is 1.09. The first kappa shape index (κ1) is 11.4. The largest absolute Gasteiger partial charge is 0.488 e. The molecule has 0 unspecified atom stereocenters. The second-order valence-corrected chi connectivity index (χ2v) is 3.73. The number of hydrogen-bond acceptors (Lipinski definition) is 2. The topological polar surface area (TPSA) is 35.2 Å². The maximum atomic E-state index is 5.80. The molecule has 0 saturated heterocycles. The van der Waals surface area contributed by atoms with E-state index in [1.165, 1.54) is 0 Å². The number of halogens is 2. The summed E-state index contributed by atoms with van der Waals surface area (Å²) < 4.78 is 5.37. The van der Waals surface area contributed by atoms with E-state index in [0.29, 0.717) is 22.3 Å². The van der Waals surface area contributed by atoms with Crippen LogP contribution in [0.5, 0.6) is 5.75 Å². The molecule has 0 aromatic heterocycles. The summed E-state index contributed by atoms with van der Waals surface area (Å²) in [6.45, 7) is 4.18. The highest BCUT2D eigenvalue weighted by atomic mass is 35.5. The lowest BCUT2D eigenvalue weighted by atomic mass is 10.2. The van der Waals surface area contributed by atoms with E-state index in [-0.39, 0.29) is 6.61 Å². The van der Waals surface area contributed by atoms with Crippen molar-refractivity contribution in [3.63, 3.8) is 0 Å². The van der Waals surface area contributed by atoms with Gasteiger partial charge in [0.05, 0.1) is 0 Å². The lowest BCUT2D eigenvalue weighted by Crippen LogP contribution is -2.03. The predicted octanol–water partition coefficient (Wildman–Crippen LogP) is 2.93. The molecular weight excluding hydrogens is 221 g/mol. The van der Waals surface area contributed by atoms with E-state index in [4.69, 9.17) is 33.7 Å². The molecule has 2 N–H and O–H groups in total. The van der Waals surface area contributed by atoms with Crippen molar-refractivity contribution < 1.29 is 4.74 Å². The van der Waals surface area contributed by atoms with Gasteiger partial charge in [-0.3, -0.25) is 0 Å². The molecule has 0 aliphatic carbocycles.